The van der Waals surface area contributed by atoms with E-state index in [1.54, 1.807) is 26.0 Å². The Bertz CT molecular complexity index is 787. The first kappa shape index (κ1) is 15.6. The molecule has 0 aliphatic heterocycles. The summed E-state index contributed by atoms with van der Waals surface area (Å²) in [6.07, 6.45) is 0. The van der Waals surface area contributed by atoms with Crippen molar-refractivity contribution in [2.45, 2.75) is 18.7 Å². The van der Waals surface area contributed by atoms with Gasteiger partial charge in [-0.2, -0.15) is 0 Å². The van der Waals surface area contributed by atoms with Crippen LogP contribution < -0.4 is 10.5 Å². The molecule has 0 unspecified atom stereocenters. The Kier molecular flexibility index (Phi) is 4.11. The fraction of sp³-hybridized carbons (Fsp3) is 0.143. The molecule has 4 nitrogen and oxygen atoms in total. The highest BCUT2D eigenvalue weighted by molar-refractivity contribution is 7.92. The molecule has 0 heterocycles. The van der Waals surface area contributed by atoms with E-state index in [0.717, 1.165) is 6.07 Å². The van der Waals surface area contributed by atoms with Gasteiger partial charge in [-0.25, -0.2) is 12.8 Å². The average molecular weight is 329 g/mol. The SMILES string of the molecule is Cc1ccc(N)c(C)c1S(=O)(=O)Nc1c(F)cccc1Cl. The van der Waals surface area contributed by atoms with Gasteiger partial charge in [-0.1, -0.05) is 23.7 Å². The largest absolute Gasteiger partial charge is 0.398 e. The van der Waals surface area contributed by atoms with Crippen LogP contribution in [0, 0.1) is 19.7 Å². The van der Waals surface area contributed by atoms with Crippen molar-refractivity contribution in [1.82, 2.24) is 0 Å². The Labute approximate surface area is 127 Å². The van der Waals surface area contributed by atoms with Crippen LogP contribution in [0.3, 0.4) is 0 Å². The van der Waals surface area contributed by atoms with Gasteiger partial charge in [0.25, 0.3) is 10.0 Å². The molecule has 0 spiro atoms. The molecule has 2 aromatic carbocycles. The Hall–Kier alpha value is -1.79. The van der Waals surface area contributed by atoms with E-state index >= 15 is 0 Å². The third-order valence-electron chi connectivity index (χ3n) is 3.11. The smallest absolute Gasteiger partial charge is 0.262 e. The number of aryl methyl sites for hydroxylation is 1. The van der Waals surface area contributed by atoms with Gasteiger partial charge in [-0.05, 0) is 43.2 Å². The molecule has 21 heavy (non-hydrogen) atoms. The highest BCUT2D eigenvalue weighted by Gasteiger charge is 2.23. The monoisotopic (exact) mass is 328 g/mol. The van der Waals surface area contributed by atoms with Crippen molar-refractivity contribution in [2.75, 3.05) is 10.5 Å². The number of rotatable bonds is 3. The Balaban J connectivity index is 2.57. The average Bonchev–Trinajstić information content (AvgIpc) is 2.39. The third kappa shape index (κ3) is 2.96. The molecular formula is C14H14ClFN2O2S. The number of para-hydroxylation sites is 1. The van der Waals surface area contributed by atoms with Gasteiger partial charge in [0, 0.05) is 5.69 Å². The lowest BCUT2D eigenvalue weighted by Crippen LogP contribution is -2.17. The molecule has 0 aromatic heterocycles. The number of benzene rings is 2. The minimum absolute atomic E-state index is 0.0159. The zero-order valence-electron chi connectivity index (χ0n) is 11.4. The lowest BCUT2D eigenvalue weighted by molar-refractivity contribution is 0.597. The van der Waals surface area contributed by atoms with E-state index in [0.29, 0.717) is 16.8 Å². The second-order valence-electron chi connectivity index (χ2n) is 4.63. The van der Waals surface area contributed by atoms with Crippen LogP contribution in [0.25, 0.3) is 0 Å². The first-order valence-electron chi connectivity index (χ1n) is 6.06. The summed E-state index contributed by atoms with van der Waals surface area (Å²) in [7, 11) is -4.00. The molecule has 0 atom stereocenters. The van der Waals surface area contributed by atoms with Gasteiger partial charge in [0.15, 0.2) is 0 Å². The molecule has 2 aromatic rings. The number of hydrogen-bond donors (Lipinski definition) is 2. The quantitative estimate of drug-likeness (QED) is 0.847. The number of halogens is 2. The predicted octanol–water partition coefficient (Wildman–Crippen LogP) is 3.48. The summed E-state index contributed by atoms with van der Waals surface area (Å²) >= 11 is 5.84. The second kappa shape index (κ2) is 5.54. The van der Waals surface area contributed by atoms with Crippen molar-refractivity contribution in [3.05, 3.63) is 52.3 Å². The molecule has 3 N–H and O–H groups in total. The van der Waals surface area contributed by atoms with Gasteiger partial charge in [-0.15, -0.1) is 0 Å². The van der Waals surface area contributed by atoms with Crippen molar-refractivity contribution >= 4 is 33.0 Å². The Morgan fingerprint density at radius 3 is 2.48 bits per heavy atom. The van der Waals surface area contributed by atoms with Gasteiger partial charge in [0.2, 0.25) is 0 Å². The van der Waals surface area contributed by atoms with Gasteiger partial charge >= 0.3 is 0 Å². The molecule has 112 valence electrons. The van der Waals surface area contributed by atoms with Gasteiger partial charge < -0.3 is 5.73 Å². The minimum Gasteiger partial charge on any atom is -0.398 e. The number of sulfonamides is 1. The van der Waals surface area contributed by atoms with Crippen LogP contribution in [0.1, 0.15) is 11.1 Å². The van der Waals surface area contributed by atoms with E-state index in [4.69, 9.17) is 17.3 Å². The van der Waals surface area contributed by atoms with E-state index in [1.165, 1.54) is 12.1 Å². The summed E-state index contributed by atoms with van der Waals surface area (Å²) < 4.78 is 40.9. The summed E-state index contributed by atoms with van der Waals surface area (Å²) in [5.74, 6) is -0.745. The molecule has 2 rings (SSSR count). The van der Waals surface area contributed by atoms with E-state index in [9.17, 15) is 12.8 Å². The van der Waals surface area contributed by atoms with Crippen molar-refractivity contribution in [3.63, 3.8) is 0 Å². The molecular weight excluding hydrogens is 315 g/mol. The summed E-state index contributed by atoms with van der Waals surface area (Å²) in [5, 5.41) is -0.0159. The predicted molar refractivity (Wildman–Crippen MR) is 82.5 cm³/mol. The van der Waals surface area contributed by atoms with E-state index < -0.39 is 15.8 Å². The summed E-state index contributed by atoms with van der Waals surface area (Å²) in [6.45, 7) is 3.24. The number of nitrogens with two attached hydrogens (primary N) is 1. The molecule has 7 heteroatoms. The molecule has 0 fully saturated rings. The standard InChI is InChI=1S/C14H14ClFN2O2S/c1-8-6-7-12(17)9(2)14(8)21(19,20)18-13-10(15)4-3-5-11(13)16/h3-7,18H,17H2,1-2H3. The Morgan fingerprint density at radius 1 is 1.19 bits per heavy atom. The van der Waals surface area contributed by atoms with Crippen LogP contribution >= 0.6 is 11.6 Å². The highest BCUT2D eigenvalue weighted by Crippen LogP contribution is 2.30. The van der Waals surface area contributed by atoms with Crippen molar-refractivity contribution in [2.24, 2.45) is 0 Å². The lowest BCUT2D eigenvalue weighted by Gasteiger charge is -2.15. The van der Waals surface area contributed by atoms with Gasteiger partial charge in [-0.3, -0.25) is 4.72 Å². The topological polar surface area (TPSA) is 72.2 Å². The minimum atomic E-state index is -4.00. The van der Waals surface area contributed by atoms with Crippen molar-refractivity contribution in [1.29, 1.82) is 0 Å². The van der Waals surface area contributed by atoms with Gasteiger partial charge in [0.1, 0.15) is 11.5 Å². The zero-order valence-corrected chi connectivity index (χ0v) is 13.0. The van der Waals surface area contributed by atoms with E-state index in [-0.39, 0.29) is 15.6 Å². The van der Waals surface area contributed by atoms with Crippen LogP contribution in [0.2, 0.25) is 5.02 Å². The van der Waals surface area contributed by atoms with Crippen LogP contribution in [-0.2, 0) is 10.0 Å². The molecule has 0 saturated heterocycles. The number of anilines is 2. The highest BCUT2D eigenvalue weighted by atomic mass is 35.5. The summed E-state index contributed by atoms with van der Waals surface area (Å²) in [5.41, 5.74) is 6.74. The van der Waals surface area contributed by atoms with Crippen LogP contribution in [0.4, 0.5) is 15.8 Å². The van der Waals surface area contributed by atoms with Crippen LogP contribution in [0.5, 0.6) is 0 Å². The van der Waals surface area contributed by atoms with Crippen molar-refractivity contribution in [3.8, 4) is 0 Å². The van der Waals surface area contributed by atoms with Crippen molar-refractivity contribution < 1.29 is 12.8 Å². The maximum absolute atomic E-state index is 13.7. The Morgan fingerprint density at radius 2 is 1.86 bits per heavy atom. The van der Waals surface area contributed by atoms with Crippen LogP contribution in [-0.4, -0.2) is 8.42 Å². The first-order chi connectivity index (χ1) is 9.74. The molecule has 0 radical (unpaired) electrons. The fourth-order valence-corrected chi connectivity index (χ4v) is 3.89. The third-order valence-corrected chi connectivity index (χ3v) is 5.07. The maximum Gasteiger partial charge on any atom is 0.262 e. The van der Waals surface area contributed by atoms with Crippen LogP contribution in [0.15, 0.2) is 35.2 Å². The molecule has 0 bridgehead atoms. The molecule has 0 saturated carbocycles. The number of hydrogen-bond acceptors (Lipinski definition) is 3. The summed E-state index contributed by atoms with van der Waals surface area (Å²) in [6, 6.07) is 7.15. The maximum atomic E-state index is 13.7. The normalized spacial score (nSPS) is 11.4. The second-order valence-corrected chi connectivity index (χ2v) is 6.65. The fourth-order valence-electron chi connectivity index (χ4n) is 2.04. The number of nitrogens with one attached hydrogen (secondary N) is 1. The van der Waals surface area contributed by atoms with E-state index in [2.05, 4.69) is 4.72 Å². The summed E-state index contributed by atoms with van der Waals surface area (Å²) in [4.78, 5) is 0.0295. The molecule has 0 aliphatic carbocycles. The van der Waals surface area contributed by atoms with Gasteiger partial charge in [0.05, 0.1) is 9.92 Å². The van der Waals surface area contributed by atoms with E-state index in [1.807, 2.05) is 0 Å². The lowest BCUT2D eigenvalue weighted by atomic mass is 10.1. The molecule has 0 amide bonds. The number of nitrogen functional groups attached to an aromatic ring is 1. The molecule has 0 aliphatic rings. The zero-order chi connectivity index (χ0) is 15.8. The first-order valence-corrected chi connectivity index (χ1v) is 7.92.